The molecule has 0 aliphatic carbocycles. The third kappa shape index (κ3) is 22.1. The minimum Gasteiger partial charge on any atom is -0.633 e. The van der Waals surface area contributed by atoms with Gasteiger partial charge in [0.25, 0.3) is 0 Å². The molecule has 0 aromatic carbocycles. The van der Waals surface area contributed by atoms with Crippen LogP contribution in [0, 0.1) is 5.21 Å². The Bertz CT molecular complexity index is 277. The van der Waals surface area contributed by atoms with Gasteiger partial charge in [-0.25, -0.2) is 0 Å². The van der Waals surface area contributed by atoms with Crippen LogP contribution >= 0.6 is 0 Å². The van der Waals surface area contributed by atoms with E-state index in [2.05, 4.69) is 20.8 Å². The molecular weight excluding hydrogens is 350 g/mol. The predicted molar refractivity (Wildman–Crippen MR) is 126 cm³/mol. The summed E-state index contributed by atoms with van der Waals surface area (Å²) in [7, 11) is 0. The van der Waals surface area contributed by atoms with Gasteiger partial charge >= 0.3 is 0 Å². The first kappa shape index (κ1) is 32.5. The molecule has 1 unspecified atom stereocenters. The van der Waals surface area contributed by atoms with Crippen molar-refractivity contribution in [2.45, 2.75) is 136 Å². The molecule has 0 aromatic heterocycles. The summed E-state index contributed by atoms with van der Waals surface area (Å²) in [5.74, 6) is 0. The van der Waals surface area contributed by atoms with Crippen molar-refractivity contribution >= 4 is 0 Å². The largest absolute Gasteiger partial charge is 0.633 e. The first-order valence-corrected chi connectivity index (χ1v) is 12.3. The number of hydrogen-bond acceptors (Lipinski definition) is 1. The molecule has 1 atom stereocenters. The Balaban J connectivity index is -0.00000312. The maximum absolute atomic E-state index is 12.8. The maximum atomic E-state index is 12.8. The number of quaternary nitrogens is 1. The normalized spacial score (nSPS) is 12.9. The summed E-state index contributed by atoms with van der Waals surface area (Å²) < 4.78 is 0.0624. The van der Waals surface area contributed by atoms with Gasteiger partial charge in [-0.05, 0) is 32.6 Å². The summed E-state index contributed by atoms with van der Waals surface area (Å²) in [6.45, 7) is 9.08. The van der Waals surface area contributed by atoms with Crippen LogP contribution in [0.4, 0.5) is 0 Å². The van der Waals surface area contributed by atoms with Crippen molar-refractivity contribution < 1.29 is 15.6 Å². The van der Waals surface area contributed by atoms with Crippen LogP contribution in [0.3, 0.4) is 0 Å². The van der Waals surface area contributed by atoms with Gasteiger partial charge in [0.2, 0.25) is 0 Å². The second-order valence-electron chi connectivity index (χ2n) is 8.48. The zero-order chi connectivity index (χ0) is 19.3. The minimum absolute atomic E-state index is 0. The fourth-order valence-corrected chi connectivity index (χ4v) is 3.85. The lowest BCUT2D eigenvalue weighted by molar-refractivity contribution is -0.879. The lowest BCUT2D eigenvalue weighted by Gasteiger charge is -2.42. The molecule has 0 radical (unpaired) electrons. The van der Waals surface area contributed by atoms with Crippen LogP contribution in [0.1, 0.15) is 136 Å². The zero-order valence-corrected chi connectivity index (χ0v) is 19.7. The van der Waals surface area contributed by atoms with Crippen LogP contribution in [0.5, 0.6) is 0 Å². The molecule has 174 valence electrons. The molecule has 4 heteroatoms. The standard InChI is InChI=1S/C24H51NO.2H2O/c1-4-7-9-11-13-15-16-18-20-22-24-25(26,6-3)23-21-19-17-14-12-10-8-5-2;;/h4-24H2,1-3H3;2*1H2. The van der Waals surface area contributed by atoms with E-state index in [1.807, 2.05) is 0 Å². The van der Waals surface area contributed by atoms with E-state index in [-0.39, 0.29) is 15.6 Å². The minimum atomic E-state index is 0. The molecule has 0 rings (SSSR count). The van der Waals surface area contributed by atoms with Gasteiger partial charge in [0.05, 0.1) is 19.6 Å². The highest BCUT2D eigenvalue weighted by Gasteiger charge is 2.13. The summed E-state index contributed by atoms with van der Waals surface area (Å²) in [4.78, 5) is 0. The molecule has 0 aliphatic heterocycles. The van der Waals surface area contributed by atoms with Gasteiger partial charge in [0.15, 0.2) is 0 Å². The first-order valence-electron chi connectivity index (χ1n) is 12.3. The fourth-order valence-electron chi connectivity index (χ4n) is 3.85. The molecule has 0 saturated heterocycles. The molecule has 0 heterocycles. The molecule has 4 N–H and O–H groups in total. The molecular formula is C24H55NO3. The average Bonchev–Trinajstić information content (AvgIpc) is 2.65. The Labute approximate surface area is 177 Å². The van der Waals surface area contributed by atoms with Crippen molar-refractivity contribution in [2.24, 2.45) is 0 Å². The molecule has 0 aliphatic rings. The van der Waals surface area contributed by atoms with Crippen molar-refractivity contribution in [1.29, 1.82) is 0 Å². The molecule has 0 amide bonds. The van der Waals surface area contributed by atoms with Gasteiger partial charge in [-0.3, -0.25) is 0 Å². The Hall–Kier alpha value is -0.160. The third-order valence-corrected chi connectivity index (χ3v) is 5.91. The van der Waals surface area contributed by atoms with Gasteiger partial charge in [-0.15, -0.1) is 0 Å². The second kappa shape index (κ2) is 24.9. The molecule has 0 saturated carbocycles. The van der Waals surface area contributed by atoms with E-state index in [0.29, 0.717) is 0 Å². The SMILES string of the molecule is CCCCCCCCCCCC[N+]([O-])(CC)CCCCCCCCCC.O.O. The van der Waals surface area contributed by atoms with Crippen molar-refractivity contribution in [3.8, 4) is 0 Å². The lowest BCUT2D eigenvalue weighted by atomic mass is 10.1. The van der Waals surface area contributed by atoms with Gasteiger partial charge in [0.1, 0.15) is 0 Å². The highest BCUT2D eigenvalue weighted by atomic mass is 16.5. The van der Waals surface area contributed by atoms with Crippen LogP contribution in [0.15, 0.2) is 0 Å². The van der Waals surface area contributed by atoms with Crippen LogP contribution in [-0.2, 0) is 0 Å². The van der Waals surface area contributed by atoms with E-state index in [4.69, 9.17) is 0 Å². The van der Waals surface area contributed by atoms with Crippen LogP contribution in [-0.4, -0.2) is 35.2 Å². The molecule has 0 aromatic rings. The van der Waals surface area contributed by atoms with E-state index >= 15 is 0 Å². The van der Waals surface area contributed by atoms with Crippen molar-refractivity contribution in [2.75, 3.05) is 19.6 Å². The highest BCUT2D eigenvalue weighted by Crippen LogP contribution is 2.15. The van der Waals surface area contributed by atoms with E-state index in [9.17, 15) is 5.21 Å². The summed E-state index contributed by atoms with van der Waals surface area (Å²) in [5, 5.41) is 12.8. The molecule has 0 spiro atoms. The fraction of sp³-hybridized carbons (Fsp3) is 1.00. The van der Waals surface area contributed by atoms with Crippen LogP contribution < -0.4 is 0 Å². The lowest BCUT2D eigenvalue weighted by Crippen LogP contribution is -2.43. The van der Waals surface area contributed by atoms with Gasteiger partial charge < -0.3 is 20.8 Å². The Morgan fingerprint density at radius 2 is 0.679 bits per heavy atom. The Morgan fingerprint density at radius 1 is 0.429 bits per heavy atom. The average molecular weight is 406 g/mol. The molecule has 4 nitrogen and oxygen atoms in total. The van der Waals surface area contributed by atoms with Crippen molar-refractivity contribution in [1.82, 2.24) is 0 Å². The topological polar surface area (TPSA) is 86.1 Å². The first-order chi connectivity index (χ1) is 12.7. The van der Waals surface area contributed by atoms with Gasteiger partial charge in [0, 0.05) is 0 Å². The smallest absolute Gasteiger partial charge is 0.0783 e. The second-order valence-corrected chi connectivity index (χ2v) is 8.48. The summed E-state index contributed by atoms with van der Waals surface area (Å²) in [5.41, 5.74) is 0. The van der Waals surface area contributed by atoms with Crippen LogP contribution in [0.25, 0.3) is 0 Å². The molecule has 0 fully saturated rings. The van der Waals surface area contributed by atoms with Gasteiger partial charge in [-0.2, -0.15) is 0 Å². The van der Waals surface area contributed by atoms with E-state index in [0.717, 1.165) is 32.5 Å². The van der Waals surface area contributed by atoms with E-state index in [1.165, 1.54) is 103 Å². The summed E-state index contributed by atoms with van der Waals surface area (Å²) >= 11 is 0. The van der Waals surface area contributed by atoms with Crippen molar-refractivity contribution in [3.05, 3.63) is 5.21 Å². The van der Waals surface area contributed by atoms with Gasteiger partial charge in [-0.1, -0.05) is 104 Å². The maximum Gasteiger partial charge on any atom is 0.0783 e. The van der Waals surface area contributed by atoms with Crippen LogP contribution in [0.2, 0.25) is 0 Å². The summed E-state index contributed by atoms with van der Waals surface area (Å²) in [6, 6.07) is 0. The number of hydrogen-bond donors (Lipinski definition) is 0. The predicted octanol–water partition coefficient (Wildman–Crippen LogP) is 6.73. The quantitative estimate of drug-likeness (QED) is 0.118. The van der Waals surface area contributed by atoms with E-state index < -0.39 is 0 Å². The highest BCUT2D eigenvalue weighted by molar-refractivity contribution is 4.51. The molecule has 0 bridgehead atoms. The number of nitrogens with zero attached hydrogens (tertiary/aromatic N) is 1. The van der Waals surface area contributed by atoms with Crippen molar-refractivity contribution in [3.63, 3.8) is 0 Å². The summed E-state index contributed by atoms with van der Waals surface area (Å²) in [6.07, 6.45) is 24.0. The number of unbranched alkanes of at least 4 members (excludes halogenated alkanes) is 16. The Kier molecular flexibility index (Phi) is 28.9. The zero-order valence-electron chi connectivity index (χ0n) is 19.7. The van der Waals surface area contributed by atoms with E-state index in [1.54, 1.807) is 0 Å². The number of hydroxylamine groups is 3. The number of rotatable bonds is 21. The Morgan fingerprint density at radius 3 is 0.929 bits per heavy atom. The molecule has 28 heavy (non-hydrogen) atoms. The monoisotopic (exact) mass is 405 g/mol. The third-order valence-electron chi connectivity index (χ3n) is 5.91.